The second-order valence-electron chi connectivity index (χ2n) is 5.14. The van der Waals surface area contributed by atoms with Gasteiger partial charge in [-0.05, 0) is 38.3 Å². The van der Waals surface area contributed by atoms with E-state index in [1.54, 1.807) is 0 Å². The molecule has 19 heavy (non-hydrogen) atoms. The molecule has 106 valence electrons. The maximum atomic E-state index is 6.04. The summed E-state index contributed by atoms with van der Waals surface area (Å²) in [6.45, 7) is 7.60. The van der Waals surface area contributed by atoms with Gasteiger partial charge in [-0.25, -0.2) is 0 Å². The van der Waals surface area contributed by atoms with Crippen molar-refractivity contribution in [2.75, 3.05) is 19.8 Å². The average Bonchev–Trinajstić information content (AvgIpc) is 2.45. The second-order valence-corrected chi connectivity index (χ2v) is 5.14. The Morgan fingerprint density at radius 1 is 1.37 bits per heavy atom. The van der Waals surface area contributed by atoms with Crippen molar-refractivity contribution in [3.63, 3.8) is 0 Å². The van der Waals surface area contributed by atoms with E-state index in [2.05, 4.69) is 37.4 Å². The number of rotatable bonds is 6. The smallest absolute Gasteiger partial charge is 0.126 e. The molecule has 0 amide bonds. The number of aryl methyl sites for hydroxylation is 1. The van der Waals surface area contributed by atoms with Crippen LogP contribution in [0.2, 0.25) is 0 Å². The molecule has 1 atom stereocenters. The molecule has 0 radical (unpaired) electrons. The molecular formula is C16H25NO2. The molecule has 0 bridgehead atoms. The van der Waals surface area contributed by atoms with E-state index in [4.69, 9.17) is 9.47 Å². The van der Waals surface area contributed by atoms with Gasteiger partial charge in [-0.1, -0.05) is 25.1 Å². The quantitative estimate of drug-likeness (QED) is 0.855. The Morgan fingerprint density at radius 3 is 3.00 bits per heavy atom. The Hall–Kier alpha value is -1.06. The number of benzene rings is 1. The molecule has 0 spiro atoms. The summed E-state index contributed by atoms with van der Waals surface area (Å²) >= 11 is 0. The largest absolute Gasteiger partial charge is 0.490 e. The Kier molecular flexibility index (Phi) is 5.67. The molecule has 1 saturated heterocycles. The summed E-state index contributed by atoms with van der Waals surface area (Å²) < 4.78 is 11.8. The molecule has 1 fully saturated rings. The van der Waals surface area contributed by atoms with Crippen molar-refractivity contribution in [1.82, 2.24) is 5.32 Å². The topological polar surface area (TPSA) is 30.5 Å². The van der Waals surface area contributed by atoms with Crippen LogP contribution in [0.1, 0.15) is 37.3 Å². The third-order valence-electron chi connectivity index (χ3n) is 3.55. The number of para-hydroxylation sites is 1. The summed E-state index contributed by atoms with van der Waals surface area (Å²) in [6, 6.07) is 6.32. The summed E-state index contributed by atoms with van der Waals surface area (Å²) in [5, 5.41) is 3.36. The van der Waals surface area contributed by atoms with Crippen molar-refractivity contribution in [3.05, 3.63) is 29.3 Å². The molecule has 3 nitrogen and oxygen atoms in total. The van der Waals surface area contributed by atoms with Crippen LogP contribution in [0.4, 0.5) is 0 Å². The molecule has 1 aromatic rings. The van der Waals surface area contributed by atoms with Crippen molar-refractivity contribution < 1.29 is 9.47 Å². The molecule has 1 N–H and O–H groups in total. The highest BCUT2D eigenvalue weighted by Gasteiger charge is 2.16. The van der Waals surface area contributed by atoms with Crippen LogP contribution in [-0.2, 0) is 11.3 Å². The SMILES string of the molecule is CCNCc1cccc(C)c1OCC1CCCCO1. The van der Waals surface area contributed by atoms with Gasteiger partial charge in [0, 0.05) is 18.7 Å². The van der Waals surface area contributed by atoms with E-state index in [0.29, 0.717) is 6.61 Å². The third kappa shape index (κ3) is 4.22. The van der Waals surface area contributed by atoms with Gasteiger partial charge in [0.2, 0.25) is 0 Å². The van der Waals surface area contributed by atoms with Crippen LogP contribution in [-0.4, -0.2) is 25.9 Å². The summed E-state index contributed by atoms with van der Waals surface area (Å²) in [7, 11) is 0. The van der Waals surface area contributed by atoms with Crippen molar-refractivity contribution in [2.45, 2.75) is 45.8 Å². The molecule has 0 saturated carbocycles. The van der Waals surface area contributed by atoms with Gasteiger partial charge in [-0.3, -0.25) is 0 Å². The van der Waals surface area contributed by atoms with Gasteiger partial charge in [0.1, 0.15) is 12.4 Å². The lowest BCUT2D eigenvalue weighted by molar-refractivity contribution is -0.0113. The third-order valence-corrected chi connectivity index (χ3v) is 3.55. The van der Waals surface area contributed by atoms with Crippen LogP contribution in [0.15, 0.2) is 18.2 Å². The van der Waals surface area contributed by atoms with Gasteiger partial charge < -0.3 is 14.8 Å². The van der Waals surface area contributed by atoms with E-state index in [1.165, 1.54) is 24.0 Å². The van der Waals surface area contributed by atoms with Crippen LogP contribution in [0.25, 0.3) is 0 Å². The first-order valence-electron chi connectivity index (χ1n) is 7.35. The van der Waals surface area contributed by atoms with Crippen LogP contribution in [0, 0.1) is 6.92 Å². The van der Waals surface area contributed by atoms with E-state index in [1.807, 2.05) is 0 Å². The molecule has 1 aliphatic heterocycles. The van der Waals surface area contributed by atoms with E-state index < -0.39 is 0 Å². The Morgan fingerprint density at radius 2 is 2.26 bits per heavy atom. The molecule has 1 aliphatic rings. The fourth-order valence-corrected chi connectivity index (χ4v) is 2.43. The highest BCUT2D eigenvalue weighted by Crippen LogP contribution is 2.24. The van der Waals surface area contributed by atoms with Gasteiger partial charge in [-0.2, -0.15) is 0 Å². The zero-order valence-corrected chi connectivity index (χ0v) is 12.1. The molecule has 1 heterocycles. The van der Waals surface area contributed by atoms with E-state index >= 15 is 0 Å². The number of hydrogen-bond acceptors (Lipinski definition) is 3. The predicted octanol–water partition coefficient (Wildman–Crippen LogP) is 3.05. The van der Waals surface area contributed by atoms with Crippen LogP contribution in [0.5, 0.6) is 5.75 Å². The minimum Gasteiger partial charge on any atom is -0.490 e. The van der Waals surface area contributed by atoms with Gasteiger partial charge in [0.05, 0.1) is 6.10 Å². The summed E-state index contributed by atoms with van der Waals surface area (Å²) in [5.74, 6) is 1.03. The zero-order valence-electron chi connectivity index (χ0n) is 12.1. The average molecular weight is 263 g/mol. The maximum absolute atomic E-state index is 6.04. The van der Waals surface area contributed by atoms with Gasteiger partial charge in [0.25, 0.3) is 0 Å². The molecule has 1 unspecified atom stereocenters. The standard InChI is InChI=1S/C16H25NO2/c1-3-17-11-14-8-6-7-13(2)16(14)19-12-15-9-4-5-10-18-15/h6-8,15,17H,3-5,9-12H2,1-2H3. The fourth-order valence-electron chi connectivity index (χ4n) is 2.43. The van der Waals surface area contributed by atoms with Crippen molar-refractivity contribution in [2.24, 2.45) is 0 Å². The lowest BCUT2D eigenvalue weighted by Gasteiger charge is -2.24. The summed E-state index contributed by atoms with van der Waals surface area (Å²) in [6.07, 6.45) is 3.83. The highest BCUT2D eigenvalue weighted by molar-refractivity contribution is 5.40. The summed E-state index contributed by atoms with van der Waals surface area (Å²) in [5.41, 5.74) is 2.43. The highest BCUT2D eigenvalue weighted by atomic mass is 16.5. The maximum Gasteiger partial charge on any atom is 0.126 e. The second kappa shape index (κ2) is 7.51. The van der Waals surface area contributed by atoms with Crippen LogP contribution >= 0.6 is 0 Å². The van der Waals surface area contributed by atoms with E-state index in [-0.39, 0.29) is 6.10 Å². The van der Waals surface area contributed by atoms with Crippen molar-refractivity contribution in [1.29, 1.82) is 0 Å². The normalized spacial score (nSPS) is 19.4. The first kappa shape index (κ1) is 14.4. The zero-order chi connectivity index (χ0) is 13.5. The lowest BCUT2D eigenvalue weighted by Crippen LogP contribution is -2.26. The monoisotopic (exact) mass is 263 g/mol. The van der Waals surface area contributed by atoms with Crippen LogP contribution < -0.4 is 10.1 Å². The molecule has 2 rings (SSSR count). The molecular weight excluding hydrogens is 238 g/mol. The number of ether oxygens (including phenoxy) is 2. The van der Waals surface area contributed by atoms with Crippen molar-refractivity contribution >= 4 is 0 Å². The number of nitrogens with one attached hydrogen (secondary N) is 1. The summed E-state index contributed by atoms with van der Waals surface area (Å²) in [4.78, 5) is 0. The first-order chi connectivity index (χ1) is 9.31. The number of hydrogen-bond donors (Lipinski definition) is 1. The lowest BCUT2D eigenvalue weighted by atomic mass is 10.1. The molecule has 0 aromatic heterocycles. The molecule has 0 aliphatic carbocycles. The minimum absolute atomic E-state index is 0.264. The van der Waals surface area contributed by atoms with Gasteiger partial charge in [0.15, 0.2) is 0 Å². The van der Waals surface area contributed by atoms with E-state index in [9.17, 15) is 0 Å². The first-order valence-corrected chi connectivity index (χ1v) is 7.35. The Balaban J connectivity index is 1.96. The Labute approximate surface area is 116 Å². The van der Waals surface area contributed by atoms with Crippen molar-refractivity contribution in [3.8, 4) is 5.75 Å². The fraction of sp³-hybridized carbons (Fsp3) is 0.625. The van der Waals surface area contributed by atoms with Crippen LogP contribution in [0.3, 0.4) is 0 Å². The predicted molar refractivity (Wildman–Crippen MR) is 77.6 cm³/mol. The molecule has 1 aromatic carbocycles. The molecule has 3 heteroatoms. The Bertz CT molecular complexity index is 386. The van der Waals surface area contributed by atoms with Gasteiger partial charge >= 0.3 is 0 Å². The van der Waals surface area contributed by atoms with E-state index in [0.717, 1.165) is 31.9 Å². The minimum atomic E-state index is 0.264. The van der Waals surface area contributed by atoms with Gasteiger partial charge in [-0.15, -0.1) is 0 Å².